The molecule has 2 aromatic heterocycles. The molecule has 2 aromatic rings. The van der Waals surface area contributed by atoms with Crippen molar-refractivity contribution in [2.45, 2.75) is 32.9 Å². The van der Waals surface area contributed by atoms with Crippen molar-refractivity contribution in [1.82, 2.24) is 20.1 Å². The molecule has 0 bridgehead atoms. The van der Waals surface area contributed by atoms with Crippen molar-refractivity contribution >= 4 is 22.6 Å². The molecule has 19 heavy (non-hydrogen) atoms. The molecule has 0 saturated heterocycles. The number of aliphatic hydroxyl groups is 1. The fourth-order valence-electron chi connectivity index (χ4n) is 2.08. The number of rotatable bonds is 5. The van der Waals surface area contributed by atoms with Crippen molar-refractivity contribution in [2.24, 2.45) is 7.05 Å². The number of fused-ring (bicyclic) bond motifs is 1. The number of nitrogens with zero attached hydrogens (tertiary/aromatic N) is 3. The third-order valence-corrected chi connectivity index (χ3v) is 3.65. The van der Waals surface area contributed by atoms with E-state index in [1.165, 1.54) is 0 Å². The smallest absolute Gasteiger partial charge is 0.159 e. The first kappa shape index (κ1) is 14.2. The molecule has 0 saturated carbocycles. The van der Waals surface area contributed by atoms with E-state index in [-0.39, 0.29) is 12.6 Å². The van der Waals surface area contributed by atoms with E-state index in [4.69, 9.17) is 16.7 Å². The molecule has 5 nitrogen and oxygen atoms in total. The maximum Gasteiger partial charge on any atom is 0.159 e. The number of hydrogen-bond donors (Lipinski definition) is 2. The predicted octanol–water partition coefficient (Wildman–Crippen LogP) is 1.79. The van der Waals surface area contributed by atoms with E-state index < -0.39 is 0 Å². The fraction of sp³-hybridized carbons (Fsp3) is 0.538. The topological polar surface area (TPSA) is 63.0 Å². The minimum Gasteiger partial charge on any atom is -0.395 e. The molecule has 0 fully saturated rings. The first-order valence-corrected chi connectivity index (χ1v) is 6.77. The standard InChI is InChI=1S/C13H19ClN4O/c1-4-10(7-19)15-6-9-5-11-8(2)17-18(3)13(11)16-12(9)14/h5,10,15,19H,4,6-7H2,1-3H3. The SMILES string of the molecule is CCC(CO)NCc1cc2c(C)nn(C)c2nc1Cl. The Morgan fingerprint density at radius 1 is 1.53 bits per heavy atom. The molecule has 0 amide bonds. The van der Waals surface area contributed by atoms with Crippen LogP contribution in [0.5, 0.6) is 0 Å². The second-order valence-corrected chi connectivity index (χ2v) is 5.05. The number of halogens is 1. The highest BCUT2D eigenvalue weighted by molar-refractivity contribution is 6.30. The van der Waals surface area contributed by atoms with Crippen molar-refractivity contribution in [3.8, 4) is 0 Å². The number of hydrogen-bond acceptors (Lipinski definition) is 4. The van der Waals surface area contributed by atoms with Crippen LogP contribution in [-0.4, -0.2) is 32.5 Å². The summed E-state index contributed by atoms with van der Waals surface area (Å²) >= 11 is 6.20. The van der Waals surface area contributed by atoms with Crippen LogP contribution in [-0.2, 0) is 13.6 Å². The summed E-state index contributed by atoms with van der Waals surface area (Å²) in [5.74, 6) is 0. The predicted molar refractivity (Wildman–Crippen MR) is 76.3 cm³/mol. The van der Waals surface area contributed by atoms with Crippen LogP contribution in [0, 0.1) is 6.92 Å². The van der Waals surface area contributed by atoms with Crippen molar-refractivity contribution in [3.05, 3.63) is 22.5 Å². The van der Waals surface area contributed by atoms with Crippen LogP contribution in [0.25, 0.3) is 11.0 Å². The van der Waals surface area contributed by atoms with Gasteiger partial charge in [-0.15, -0.1) is 0 Å². The Bertz CT molecular complexity index is 578. The minimum absolute atomic E-state index is 0.0850. The molecular formula is C13H19ClN4O. The zero-order chi connectivity index (χ0) is 14.0. The first-order chi connectivity index (χ1) is 9.06. The van der Waals surface area contributed by atoms with Crippen LogP contribution in [0.1, 0.15) is 24.6 Å². The van der Waals surface area contributed by atoms with Gasteiger partial charge in [0.15, 0.2) is 5.65 Å². The number of aromatic nitrogens is 3. The lowest BCUT2D eigenvalue weighted by Gasteiger charge is -2.14. The van der Waals surface area contributed by atoms with Gasteiger partial charge in [-0.05, 0) is 19.4 Å². The van der Waals surface area contributed by atoms with Gasteiger partial charge in [0.2, 0.25) is 0 Å². The molecule has 0 aliphatic heterocycles. The monoisotopic (exact) mass is 282 g/mol. The summed E-state index contributed by atoms with van der Waals surface area (Å²) in [5, 5.41) is 18.3. The number of aliphatic hydroxyl groups excluding tert-OH is 1. The maximum atomic E-state index is 9.17. The zero-order valence-electron chi connectivity index (χ0n) is 11.4. The Balaban J connectivity index is 2.28. The quantitative estimate of drug-likeness (QED) is 0.821. The molecule has 1 unspecified atom stereocenters. The molecule has 0 aromatic carbocycles. The summed E-state index contributed by atoms with van der Waals surface area (Å²) < 4.78 is 1.73. The summed E-state index contributed by atoms with van der Waals surface area (Å²) in [6.45, 7) is 4.70. The van der Waals surface area contributed by atoms with Crippen LogP contribution in [0.2, 0.25) is 5.15 Å². The van der Waals surface area contributed by atoms with Gasteiger partial charge in [0.1, 0.15) is 5.15 Å². The summed E-state index contributed by atoms with van der Waals surface area (Å²) in [7, 11) is 1.86. The van der Waals surface area contributed by atoms with Gasteiger partial charge in [0, 0.05) is 30.6 Å². The van der Waals surface area contributed by atoms with Crippen molar-refractivity contribution in [3.63, 3.8) is 0 Å². The van der Waals surface area contributed by atoms with Crippen LogP contribution < -0.4 is 5.32 Å². The van der Waals surface area contributed by atoms with E-state index >= 15 is 0 Å². The Hall–Kier alpha value is -1.17. The summed E-state index contributed by atoms with van der Waals surface area (Å²) in [5.41, 5.74) is 2.66. The van der Waals surface area contributed by atoms with Gasteiger partial charge in [-0.3, -0.25) is 4.68 Å². The van der Waals surface area contributed by atoms with Gasteiger partial charge in [0.05, 0.1) is 12.3 Å². The highest BCUT2D eigenvalue weighted by Crippen LogP contribution is 2.22. The molecular weight excluding hydrogens is 264 g/mol. The first-order valence-electron chi connectivity index (χ1n) is 6.39. The van der Waals surface area contributed by atoms with Crippen molar-refractivity contribution < 1.29 is 5.11 Å². The average molecular weight is 283 g/mol. The van der Waals surface area contributed by atoms with E-state index in [2.05, 4.69) is 15.4 Å². The molecule has 0 aliphatic carbocycles. The molecule has 0 aliphatic rings. The van der Waals surface area contributed by atoms with Crippen LogP contribution in [0.4, 0.5) is 0 Å². The summed E-state index contributed by atoms with van der Waals surface area (Å²) in [6, 6.07) is 2.10. The molecule has 0 radical (unpaired) electrons. The van der Waals surface area contributed by atoms with E-state index in [0.29, 0.717) is 11.7 Å². The number of aryl methyl sites for hydroxylation is 2. The molecule has 104 valence electrons. The molecule has 2 heterocycles. The lowest BCUT2D eigenvalue weighted by atomic mass is 10.2. The summed E-state index contributed by atoms with van der Waals surface area (Å²) in [6.07, 6.45) is 0.871. The molecule has 6 heteroatoms. The molecule has 2 rings (SSSR count). The van der Waals surface area contributed by atoms with Gasteiger partial charge in [-0.1, -0.05) is 18.5 Å². The van der Waals surface area contributed by atoms with E-state index in [1.54, 1.807) is 4.68 Å². The Labute approximate surface area is 117 Å². The second kappa shape index (κ2) is 5.86. The second-order valence-electron chi connectivity index (χ2n) is 4.69. The lowest BCUT2D eigenvalue weighted by molar-refractivity contribution is 0.238. The Morgan fingerprint density at radius 3 is 2.89 bits per heavy atom. The Morgan fingerprint density at radius 2 is 2.26 bits per heavy atom. The van der Waals surface area contributed by atoms with E-state index in [1.807, 2.05) is 27.0 Å². The maximum absolute atomic E-state index is 9.17. The van der Waals surface area contributed by atoms with E-state index in [9.17, 15) is 0 Å². The highest BCUT2D eigenvalue weighted by atomic mass is 35.5. The third-order valence-electron chi connectivity index (χ3n) is 3.32. The van der Waals surface area contributed by atoms with E-state index in [0.717, 1.165) is 28.7 Å². The molecule has 1 atom stereocenters. The lowest BCUT2D eigenvalue weighted by Crippen LogP contribution is -2.31. The summed E-state index contributed by atoms with van der Waals surface area (Å²) in [4.78, 5) is 4.39. The largest absolute Gasteiger partial charge is 0.395 e. The van der Waals surface area contributed by atoms with Crippen LogP contribution in [0.3, 0.4) is 0 Å². The zero-order valence-corrected chi connectivity index (χ0v) is 12.2. The molecule has 2 N–H and O–H groups in total. The number of nitrogens with one attached hydrogen (secondary N) is 1. The normalized spacial score (nSPS) is 13.1. The van der Waals surface area contributed by atoms with Crippen LogP contribution in [0.15, 0.2) is 6.07 Å². The molecule has 0 spiro atoms. The highest BCUT2D eigenvalue weighted by Gasteiger charge is 2.12. The van der Waals surface area contributed by atoms with Gasteiger partial charge in [-0.25, -0.2) is 4.98 Å². The minimum atomic E-state index is 0.0850. The van der Waals surface area contributed by atoms with Crippen LogP contribution >= 0.6 is 11.6 Å². The third kappa shape index (κ3) is 2.88. The average Bonchev–Trinajstić information content (AvgIpc) is 2.66. The Kier molecular flexibility index (Phi) is 4.39. The van der Waals surface area contributed by atoms with Gasteiger partial charge in [-0.2, -0.15) is 5.10 Å². The van der Waals surface area contributed by atoms with Crippen molar-refractivity contribution in [2.75, 3.05) is 6.61 Å². The van der Waals surface area contributed by atoms with Gasteiger partial charge in [0.25, 0.3) is 0 Å². The van der Waals surface area contributed by atoms with Gasteiger partial charge < -0.3 is 10.4 Å². The van der Waals surface area contributed by atoms with Gasteiger partial charge >= 0.3 is 0 Å². The van der Waals surface area contributed by atoms with Crippen molar-refractivity contribution in [1.29, 1.82) is 0 Å². The fourth-order valence-corrected chi connectivity index (χ4v) is 2.28. The number of pyridine rings is 1.